The molecule has 0 rings (SSSR count). The van der Waals surface area contributed by atoms with E-state index in [0.717, 1.165) is 12.8 Å². The first-order valence-corrected chi connectivity index (χ1v) is 8.00. The molecule has 17 heavy (non-hydrogen) atoms. The van der Waals surface area contributed by atoms with Gasteiger partial charge in [0.1, 0.15) is 18.9 Å². The minimum atomic E-state index is -2.43. The van der Waals surface area contributed by atoms with Gasteiger partial charge in [0.15, 0.2) is 6.10 Å². The van der Waals surface area contributed by atoms with Gasteiger partial charge >= 0.3 is 5.97 Å². The third kappa shape index (κ3) is 9.05. The van der Waals surface area contributed by atoms with Gasteiger partial charge in [-0.1, -0.05) is 13.3 Å². The van der Waals surface area contributed by atoms with Crippen molar-refractivity contribution in [2.45, 2.75) is 39.2 Å². The van der Waals surface area contributed by atoms with Crippen LogP contribution in [0.25, 0.3) is 0 Å². The van der Waals surface area contributed by atoms with Gasteiger partial charge in [-0.25, -0.2) is 9.42 Å². The number of hydrogen-bond donors (Lipinski definition) is 1. The molecule has 0 aromatic carbocycles. The van der Waals surface area contributed by atoms with E-state index >= 15 is 0 Å². The van der Waals surface area contributed by atoms with E-state index in [4.69, 9.17) is 14.5 Å². The molecule has 0 aromatic rings. The first-order valence-electron chi connectivity index (χ1n) is 5.71. The van der Waals surface area contributed by atoms with E-state index in [9.17, 15) is 9.69 Å². The normalized spacial score (nSPS) is 15.7. The molecule has 0 aliphatic heterocycles. The highest BCUT2D eigenvalue weighted by molar-refractivity contribution is 7.64. The molecule has 0 heterocycles. The lowest BCUT2D eigenvalue weighted by atomic mass is 10.3. The van der Waals surface area contributed by atoms with Crippen LogP contribution in [0.2, 0.25) is 0 Å². The third-order valence-corrected chi connectivity index (χ3v) is 3.95. The summed E-state index contributed by atoms with van der Waals surface area (Å²) >= 11 is 0. The van der Waals surface area contributed by atoms with Gasteiger partial charge in [0, 0.05) is 13.3 Å². The Morgan fingerprint density at radius 2 is 2.24 bits per heavy atom. The lowest BCUT2D eigenvalue weighted by Gasteiger charge is -2.15. The molecule has 98 valence electrons. The number of hydrogen-bond acceptors (Lipinski definition) is 5. The number of ether oxygens (including phenoxy) is 1. The second kappa shape index (κ2) is 8.41. The number of carbonyl (C=O) groups is 1. The summed E-state index contributed by atoms with van der Waals surface area (Å²) in [6.07, 6.45) is 1.79. The molecular weight excluding hydrogens is 241 g/mol. The van der Waals surface area contributed by atoms with Crippen LogP contribution in [0.5, 0.6) is 0 Å². The van der Waals surface area contributed by atoms with Gasteiger partial charge in [-0.3, -0.25) is 4.79 Å². The molecule has 0 aromatic heterocycles. The van der Waals surface area contributed by atoms with Crippen molar-refractivity contribution in [1.82, 2.24) is 0 Å². The highest BCUT2D eigenvalue weighted by Crippen LogP contribution is 2.52. The van der Waals surface area contributed by atoms with Gasteiger partial charge in [0.2, 0.25) is 0 Å². The van der Waals surface area contributed by atoms with Crippen LogP contribution in [-0.2, 0) is 14.1 Å². The van der Waals surface area contributed by atoms with Crippen molar-refractivity contribution < 1.29 is 18.9 Å². The maximum Gasteiger partial charge on any atom is 0.303 e. The Labute approximate surface area is 103 Å². The SMILES string of the molecule is CCCCO[P+](C)(O)CCC(C#N)OC(C)=O. The zero-order chi connectivity index (χ0) is 13.3. The fraction of sp³-hybridized carbons (Fsp3) is 0.818. The van der Waals surface area contributed by atoms with Gasteiger partial charge in [-0.05, 0) is 6.42 Å². The predicted molar refractivity (Wildman–Crippen MR) is 66.6 cm³/mol. The van der Waals surface area contributed by atoms with E-state index in [0.29, 0.717) is 19.2 Å². The monoisotopic (exact) mass is 262 g/mol. The maximum absolute atomic E-state index is 10.7. The molecule has 0 spiro atoms. The molecule has 5 nitrogen and oxygen atoms in total. The first-order chi connectivity index (χ1) is 7.91. The average Bonchev–Trinajstić information content (AvgIpc) is 2.24. The number of rotatable bonds is 8. The number of esters is 1. The molecule has 0 saturated carbocycles. The number of unbranched alkanes of at least 4 members (excludes halogenated alkanes) is 1. The van der Waals surface area contributed by atoms with Crippen molar-refractivity contribution in [3.63, 3.8) is 0 Å². The summed E-state index contributed by atoms with van der Waals surface area (Å²) in [6.45, 7) is 5.49. The minimum absolute atomic E-state index is 0.309. The van der Waals surface area contributed by atoms with Crippen LogP contribution >= 0.6 is 7.72 Å². The summed E-state index contributed by atoms with van der Waals surface area (Å²) in [6, 6.07) is 1.88. The van der Waals surface area contributed by atoms with E-state index in [2.05, 4.69) is 0 Å². The number of nitrogens with zero attached hydrogens (tertiary/aromatic N) is 1. The fourth-order valence-corrected chi connectivity index (χ4v) is 2.54. The Morgan fingerprint density at radius 1 is 1.59 bits per heavy atom. The molecule has 0 radical (unpaired) electrons. The van der Waals surface area contributed by atoms with Crippen molar-refractivity contribution >= 4 is 13.7 Å². The van der Waals surface area contributed by atoms with Crippen LogP contribution < -0.4 is 0 Å². The van der Waals surface area contributed by atoms with E-state index < -0.39 is 19.8 Å². The van der Waals surface area contributed by atoms with Crippen molar-refractivity contribution in [3.05, 3.63) is 0 Å². The molecule has 0 aliphatic carbocycles. The van der Waals surface area contributed by atoms with Crippen molar-refractivity contribution in [1.29, 1.82) is 5.26 Å². The molecule has 0 fully saturated rings. The molecule has 2 unspecified atom stereocenters. The molecule has 0 bridgehead atoms. The van der Waals surface area contributed by atoms with E-state index in [-0.39, 0.29) is 0 Å². The Bertz CT molecular complexity index is 275. The van der Waals surface area contributed by atoms with Gasteiger partial charge < -0.3 is 4.74 Å². The molecule has 1 N–H and O–H groups in total. The second-order valence-electron chi connectivity index (χ2n) is 3.98. The van der Waals surface area contributed by atoms with Gasteiger partial charge in [-0.2, -0.15) is 5.26 Å². The van der Waals surface area contributed by atoms with Gasteiger partial charge in [0.05, 0.1) is 6.61 Å². The van der Waals surface area contributed by atoms with Gasteiger partial charge in [0.25, 0.3) is 7.72 Å². The third-order valence-electron chi connectivity index (χ3n) is 2.13. The Morgan fingerprint density at radius 3 is 2.71 bits per heavy atom. The summed E-state index contributed by atoms with van der Waals surface area (Å²) < 4.78 is 10.2. The summed E-state index contributed by atoms with van der Waals surface area (Å²) in [5.74, 6) is -0.485. The van der Waals surface area contributed by atoms with Gasteiger partial charge in [-0.15, -0.1) is 0 Å². The Balaban J connectivity index is 3.97. The summed E-state index contributed by atoms with van der Waals surface area (Å²) in [4.78, 5) is 20.6. The van der Waals surface area contributed by atoms with Crippen LogP contribution in [0.15, 0.2) is 0 Å². The summed E-state index contributed by atoms with van der Waals surface area (Å²) in [7, 11) is -2.43. The molecule has 0 amide bonds. The largest absolute Gasteiger partial charge is 0.447 e. The molecule has 6 heteroatoms. The van der Waals surface area contributed by atoms with E-state index in [1.165, 1.54) is 6.92 Å². The molecule has 0 aliphatic rings. The van der Waals surface area contributed by atoms with Crippen LogP contribution in [0.4, 0.5) is 0 Å². The summed E-state index contributed by atoms with van der Waals surface area (Å²) in [5.41, 5.74) is 0. The highest BCUT2D eigenvalue weighted by Gasteiger charge is 2.32. The van der Waals surface area contributed by atoms with Crippen molar-refractivity contribution in [2.75, 3.05) is 19.4 Å². The van der Waals surface area contributed by atoms with Crippen molar-refractivity contribution in [3.8, 4) is 6.07 Å². The van der Waals surface area contributed by atoms with E-state index in [1.807, 2.05) is 13.0 Å². The second-order valence-corrected chi connectivity index (χ2v) is 6.78. The molecule has 0 saturated heterocycles. The Hall–Kier alpha value is -0.690. The zero-order valence-electron chi connectivity index (χ0n) is 10.7. The average molecular weight is 262 g/mol. The lowest BCUT2D eigenvalue weighted by molar-refractivity contribution is -0.143. The van der Waals surface area contributed by atoms with Crippen LogP contribution in [0.3, 0.4) is 0 Å². The molecular formula is C11H21NO4P+. The maximum atomic E-state index is 10.7. The smallest absolute Gasteiger partial charge is 0.303 e. The first kappa shape index (κ1) is 16.3. The van der Waals surface area contributed by atoms with Crippen LogP contribution in [0.1, 0.15) is 33.1 Å². The van der Waals surface area contributed by atoms with E-state index in [1.54, 1.807) is 6.66 Å². The number of nitriles is 1. The van der Waals surface area contributed by atoms with Crippen LogP contribution in [0, 0.1) is 11.3 Å². The highest BCUT2D eigenvalue weighted by atomic mass is 31.2. The lowest BCUT2D eigenvalue weighted by Crippen LogP contribution is -2.17. The minimum Gasteiger partial charge on any atom is -0.447 e. The number of carbonyl (C=O) groups excluding carboxylic acids is 1. The summed E-state index contributed by atoms with van der Waals surface area (Å²) in [5, 5.41) is 8.75. The topological polar surface area (TPSA) is 79.6 Å². The standard InChI is InChI=1S/C11H21NO4P/c1-4-5-7-15-17(3,14)8-6-11(9-12)16-10(2)13/h11,14H,4-8H2,1-3H3/q+1. The Kier molecular flexibility index (Phi) is 8.07. The fourth-order valence-electron chi connectivity index (χ4n) is 1.18. The zero-order valence-corrected chi connectivity index (χ0v) is 11.6. The predicted octanol–water partition coefficient (Wildman–Crippen LogP) is 2.12. The molecule has 2 atom stereocenters. The van der Waals surface area contributed by atoms with Crippen LogP contribution in [-0.4, -0.2) is 36.4 Å². The quantitative estimate of drug-likeness (QED) is 0.411. The van der Waals surface area contributed by atoms with Crippen molar-refractivity contribution in [2.24, 2.45) is 0 Å².